The van der Waals surface area contributed by atoms with Crippen molar-refractivity contribution in [1.82, 2.24) is 35.1 Å². The third kappa shape index (κ3) is 3.45. The Balaban J connectivity index is 1.42. The summed E-state index contributed by atoms with van der Waals surface area (Å²) in [5.74, 6) is -2.02. The monoisotopic (exact) mass is 450 g/mol. The van der Waals surface area contributed by atoms with Crippen LogP contribution in [0.2, 0.25) is 0 Å². The molecule has 0 saturated carbocycles. The minimum atomic E-state index is -2.64. The lowest BCUT2D eigenvalue weighted by atomic mass is 10.1. The van der Waals surface area contributed by atoms with Crippen LogP contribution in [0.3, 0.4) is 0 Å². The number of anilines is 1. The lowest BCUT2D eigenvalue weighted by molar-refractivity contribution is -0.0221. The van der Waals surface area contributed by atoms with E-state index in [2.05, 4.69) is 30.1 Å². The molecule has 0 unspecified atom stereocenters. The summed E-state index contributed by atoms with van der Waals surface area (Å²) in [7, 11) is 0. The molecule has 0 atom stereocenters. The minimum absolute atomic E-state index is 0.211. The number of halogens is 3. The van der Waals surface area contributed by atoms with Crippen molar-refractivity contribution in [3.05, 3.63) is 48.8 Å². The van der Waals surface area contributed by atoms with E-state index in [1.54, 1.807) is 24.5 Å². The molecule has 5 aromatic heterocycles. The number of pyridine rings is 3. The topological polar surface area (TPSA) is 99.3 Å². The van der Waals surface area contributed by atoms with Crippen LogP contribution in [-0.4, -0.2) is 54.1 Å². The Morgan fingerprint density at radius 2 is 1.85 bits per heavy atom. The molecule has 2 N–H and O–H groups in total. The van der Waals surface area contributed by atoms with Crippen LogP contribution in [0.5, 0.6) is 0 Å². The number of H-pyrrole nitrogens is 2. The van der Waals surface area contributed by atoms with Gasteiger partial charge in [-0.1, -0.05) is 0 Å². The molecule has 6 rings (SSSR count). The molecule has 1 aliphatic heterocycles. The third-order valence-electron chi connectivity index (χ3n) is 5.85. The van der Waals surface area contributed by atoms with Gasteiger partial charge in [-0.2, -0.15) is 5.10 Å². The van der Waals surface area contributed by atoms with Crippen LogP contribution in [0.1, 0.15) is 12.8 Å². The first kappa shape index (κ1) is 19.6. The number of rotatable bonds is 3. The summed E-state index contributed by atoms with van der Waals surface area (Å²) in [5, 5.41) is 8.07. The largest absolute Gasteiger partial charge is 0.354 e. The van der Waals surface area contributed by atoms with Crippen molar-refractivity contribution in [2.75, 3.05) is 18.0 Å². The van der Waals surface area contributed by atoms with Crippen molar-refractivity contribution in [2.24, 2.45) is 0 Å². The van der Waals surface area contributed by atoms with Crippen LogP contribution in [0.15, 0.2) is 43.0 Å². The third-order valence-corrected chi connectivity index (χ3v) is 5.85. The van der Waals surface area contributed by atoms with Crippen molar-refractivity contribution in [3.8, 4) is 22.8 Å². The fourth-order valence-corrected chi connectivity index (χ4v) is 4.12. The molecule has 8 nitrogen and oxygen atoms in total. The van der Waals surface area contributed by atoms with Gasteiger partial charge >= 0.3 is 0 Å². The first-order valence-electron chi connectivity index (χ1n) is 10.4. The number of aromatic amines is 2. The number of alkyl halides is 2. The Morgan fingerprint density at radius 3 is 2.67 bits per heavy atom. The molecule has 166 valence electrons. The van der Waals surface area contributed by atoms with Gasteiger partial charge in [0.25, 0.3) is 5.92 Å². The molecule has 1 aliphatic rings. The molecule has 1 saturated heterocycles. The molecule has 6 heterocycles. The van der Waals surface area contributed by atoms with Crippen LogP contribution in [0.4, 0.5) is 19.0 Å². The molecule has 5 aromatic rings. The van der Waals surface area contributed by atoms with Crippen molar-refractivity contribution in [2.45, 2.75) is 18.8 Å². The summed E-state index contributed by atoms with van der Waals surface area (Å²) < 4.78 is 40.9. The molecule has 0 radical (unpaired) electrons. The predicted octanol–water partition coefficient (Wildman–Crippen LogP) is 4.33. The molecular formula is C22H17F3N8. The van der Waals surface area contributed by atoms with Crippen LogP contribution in [0, 0.1) is 5.82 Å². The van der Waals surface area contributed by atoms with Gasteiger partial charge in [0, 0.05) is 49.3 Å². The van der Waals surface area contributed by atoms with E-state index in [9.17, 15) is 13.2 Å². The fraction of sp³-hybridized carbons (Fsp3) is 0.227. The second-order valence-electron chi connectivity index (χ2n) is 8.04. The second kappa shape index (κ2) is 7.26. The predicted molar refractivity (Wildman–Crippen MR) is 116 cm³/mol. The maximum Gasteiger partial charge on any atom is 0.251 e. The Hall–Kier alpha value is -4.02. The maximum absolute atomic E-state index is 13.6. The van der Waals surface area contributed by atoms with E-state index < -0.39 is 11.7 Å². The van der Waals surface area contributed by atoms with E-state index >= 15 is 0 Å². The number of hydrogen-bond donors (Lipinski definition) is 2. The molecule has 11 heteroatoms. The van der Waals surface area contributed by atoms with Crippen molar-refractivity contribution in [3.63, 3.8) is 0 Å². The average Bonchev–Trinajstić information content (AvgIpc) is 3.42. The number of nitrogens with one attached hydrogen (secondary N) is 2. The number of piperidine rings is 1. The smallest absolute Gasteiger partial charge is 0.251 e. The average molecular weight is 450 g/mol. The summed E-state index contributed by atoms with van der Waals surface area (Å²) in [6, 6.07) is 4.94. The summed E-state index contributed by atoms with van der Waals surface area (Å²) in [5.41, 5.74) is 3.66. The zero-order chi connectivity index (χ0) is 22.6. The summed E-state index contributed by atoms with van der Waals surface area (Å²) in [6.45, 7) is 0.423. The molecule has 0 bridgehead atoms. The summed E-state index contributed by atoms with van der Waals surface area (Å²) >= 11 is 0. The summed E-state index contributed by atoms with van der Waals surface area (Å²) in [6.07, 6.45) is 5.50. The maximum atomic E-state index is 13.6. The lowest BCUT2D eigenvalue weighted by Gasteiger charge is -2.32. The van der Waals surface area contributed by atoms with Gasteiger partial charge in [0.1, 0.15) is 17.0 Å². The highest BCUT2D eigenvalue weighted by Crippen LogP contribution is 2.34. The highest BCUT2D eigenvalue weighted by atomic mass is 19.3. The Morgan fingerprint density at radius 1 is 1.00 bits per heavy atom. The van der Waals surface area contributed by atoms with Crippen LogP contribution < -0.4 is 4.90 Å². The van der Waals surface area contributed by atoms with Gasteiger partial charge in [0.15, 0.2) is 11.6 Å². The van der Waals surface area contributed by atoms with E-state index in [1.807, 2.05) is 4.90 Å². The van der Waals surface area contributed by atoms with Crippen LogP contribution in [-0.2, 0) is 0 Å². The molecule has 33 heavy (non-hydrogen) atoms. The standard InChI is InChI=1S/C22H17F3N8/c23-13-7-12(9-26-10-13)16-8-14-17(11-28-16)31-32-18(14)20-29-15-1-4-27-21(19(15)30-20)33-5-2-22(24,25)3-6-33/h1,4,7-11H,2-3,5-6H2,(H,29,30)(H,31,32). The lowest BCUT2D eigenvalue weighted by Crippen LogP contribution is -2.39. The summed E-state index contributed by atoms with van der Waals surface area (Å²) in [4.78, 5) is 22.5. The van der Waals surface area contributed by atoms with Crippen molar-refractivity contribution in [1.29, 1.82) is 0 Å². The molecular weight excluding hydrogens is 433 g/mol. The van der Waals surface area contributed by atoms with Gasteiger partial charge in [-0.3, -0.25) is 15.1 Å². The Kier molecular flexibility index (Phi) is 4.32. The number of nitrogens with zero attached hydrogens (tertiary/aromatic N) is 6. The highest BCUT2D eigenvalue weighted by molar-refractivity contribution is 5.96. The number of aromatic nitrogens is 7. The number of hydrogen-bond acceptors (Lipinski definition) is 6. The zero-order valence-corrected chi connectivity index (χ0v) is 17.2. The SMILES string of the molecule is Fc1cncc(-c2cc3c(-c4nc5c(N6CCC(F)(F)CC6)nccc5[nH]4)n[nH]c3cn2)c1. The van der Waals surface area contributed by atoms with Crippen LogP contribution in [0.25, 0.3) is 44.7 Å². The van der Waals surface area contributed by atoms with Crippen molar-refractivity contribution < 1.29 is 13.2 Å². The van der Waals surface area contributed by atoms with Gasteiger partial charge in [-0.25, -0.2) is 23.1 Å². The molecule has 1 fully saturated rings. The van der Waals surface area contributed by atoms with Gasteiger partial charge in [-0.15, -0.1) is 0 Å². The van der Waals surface area contributed by atoms with Gasteiger partial charge in [0.2, 0.25) is 0 Å². The Bertz CT molecular complexity index is 1480. The minimum Gasteiger partial charge on any atom is -0.354 e. The molecule has 0 aromatic carbocycles. The zero-order valence-electron chi connectivity index (χ0n) is 17.2. The fourth-order valence-electron chi connectivity index (χ4n) is 4.12. The van der Waals surface area contributed by atoms with Crippen LogP contribution >= 0.6 is 0 Å². The molecule has 0 spiro atoms. The number of imidazole rings is 1. The molecule has 0 aliphatic carbocycles. The molecule has 0 amide bonds. The van der Waals surface area contributed by atoms with Gasteiger partial charge < -0.3 is 9.88 Å². The van der Waals surface area contributed by atoms with Crippen molar-refractivity contribution >= 4 is 27.8 Å². The van der Waals surface area contributed by atoms with E-state index in [-0.39, 0.29) is 25.9 Å². The van der Waals surface area contributed by atoms with E-state index in [0.29, 0.717) is 39.6 Å². The first-order chi connectivity index (χ1) is 16.0. The van der Waals surface area contributed by atoms with E-state index in [1.165, 1.54) is 12.3 Å². The van der Waals surface area contributed by atoms with E-state index in [4.69, 9.17) is 4.98 Å². The Labute approximate surface area is 184 Å². The van der Waals surface area contributed by atoms with Gasteiger partial charge in [-0.05, 0) is 18.2 Å². The normalized spacial score (nSPS) is 16.0. The van der Waals surface area contributed by atoms with Gasteiger partial charge in [0.05, 0.1) is 29.1 Å². The van der Waals surface area contributed by atoms with E-state index in [0.717, 1.165) is 17.1 Å². The number of fused-ring (bicyclic) bond motifs is 2. The quantitative estimate of drug-likeness (QED) is 0.424. The first-order valence-corrected chi connectivity index (χ1v) is 10.4. The second-order valence-corrected chi connectivity index (χ2v) is 8.04. The highest BCUT2D eigenvalue weighted by Gasteiger charge is 2.35.